The number of anilines is 1. The van der Waals surface area contributed by atoms with E-state index in [-0.39, 0.29) is 11.5 Å². The number of rotatable bonds is 9. The Bertz CT molecular complexity index is 831. The first-order valence-electron chi connectivity index (χ1n) is 7.78. The van der Waals surface area contributed by atoms with Crippen LogP contribution in [0.1, 0.15) is 0 Å². The number of carbonyl (C=O) groups is 3. The van der Waals surface area contributed by atoms with Crippen LogP contribution in [0.15, 0.2) is 53.4 Å². The molecule has 0 aliphatic heterocycles. The Hall–Kier alpha value is -3.07. The van der Waals surface area contributed by atoms with Crippen molar-refractivity contribution in [3.63, 3.8) is 0 Å². The van der Waals surface area contributed by atoms with Crippen molar-refractivity contribution in [1.82, 2.24) is 0 Å². The second kappa shape index (κ2) is 10.2. The fourth-order valence-electron chi connectivity index (χ4n) is 1.92. The first kappa shape index (κ1) is 20.2. The SMILES string of the molecule is NC(=O)CSc1ccccc1NC(=O)COC(=O)COc1cccc(F)c1. The van der Waals surface area contributed by atoms with Gasteiger partial charge in [-0.25, -0.2) is 9.18 Å². The number of amides is 2. The van der Waals surface area contributed by atoms with Crippen LogP contribution in [0.3, 0.4) is 0 Å². The van der Waals surface area contributed by atoms with Crippen molar-refractivity contribution >= 4 is 35.2 Å². The van der Waals surface area contributed by atoms with Gasteiger partial charge >= 0.3 is 5.97 Å². The van der Waals surface area contributed by atoms with Gasteiger partial charge in [-0.3, -0.25) is 9.59 Å². The van der Waals surface area contributed by atoms with Gasteiger partial charge in [0.05, 0.1) is 11.4 Å². The number of benzene rings is 2. The van der Waals surface area contributed by atoms with Crippen molar-refractivity contribution in [3.05, 3.63) is 54.3 Å². The standard InChI is InChI=1S/C18H17FN2O5S/c19-12-4-3-5-13(8-12)25-10-18(24)26-9-17(23)21-14-6-1-2-7-15(14)27-11-16(20)22/h1-8H,9-11H2,(H2,20,22)(H,21,23). The van der Waals surface area contributed by atoms with E-state index in [2.05, 4.69) is 5.32 Å². The highest BCUT2D eigenvalue weighted by Gasteiger charge is 2.11. The molecule has 27 heavy (non-hydrogen) atoms. The topological polar surface area (TPSA) is 108 Å². The molecule has 0 aliphatic rings. The lowest BCUT2D eigenvalue weighted by atomic mass is 10.3. The maximum atomic E-state index is 13.0. The van der Waals surface area contributed by atoms with Crippen LogP contribution in [0.5, 0.6) is 5.75 Å². The van der Waals surface area contributed by atoms with E-state index in [0.29, 0.717) is 10.6 Å². The summed E-state index contributed by atoms with van der Waals surface area (Å²) < 4.78 is 22.9. The van der Waals surface area contributed by atoms with Crippen molar-refractivity contribution in [2.75, 3.05) is 24.3 Å². The van der Waals surface area contributed by atoms with E-state index in [4.69, 9.17) is 15.2 Å². The zero-order valence-electron chi connectivity index (χ0n) is 14.1. The molecule has 3 N–H and O–H groups in total. The molecule has 2 rings (SSSR count). The van der Waals surface area contributed by atoms with E-state index in [1.54, 1.807) is 24.3 Å². The number of hydrogen-bond acceptors (Lipinski definition) is 6. The average molecular weight is 392 g/mol. The zero-order valence-corrected chi connectivity index (χ0v) is 15.0. The summed E-state index contributed by atoms with van der Waals surface area (Å²) in [4.78, 5) is 35.1. The van der Waals surface area contributed by atoms with E-state index in [1.165, 1.54) is 30.0 Å². The summed E-state index contributed by atoms with van der Waals surface area (Å²) in [6.07, 6.45) is 0. The molecule has 0 heterocycles. The first-order valence-corrected chi connectivity index (χ1v) is 8.76. The molecule has 0 fully saturated rings. The third kappa shape index (κ3) is 7.37. The zero-order chi connectivity index (χ0) is 19.6. The number of carbonyl (C=O) groups excluding carboxylic acids is 3. The minimum Gasteiger partial charge on any atom is -0.482 e. The van der Waals surface area contributed by atoms with Crippen molar-refractivity contribution in [3.8, 4) is 5.75 Å². The van der Waals surface area contributed by atoms with Crippen LogP contribution >= 0.6 is 11.8 Å². The lowest BCUT2D eigenvalue weighted by Gasteiger charge is -2.11. The van der Waals surface area contributed by atoms with Crippen LogP contribution in [-0.2, 0) is 19.1 Å². The molecule has 0 radical (unpaired) electrons. The molecule has 9 heteroatoms. The van der Waals surface area contributed by atoms with E-state index >= 15 is 0 Å². The molecule has 0 atom stereocenters. The summed E-state index contributed by atoms with van der Waals surface area (Å²) in [5.74, 6) is -2.05. The molecule has 0 spiro atoms. The van der Waals surface area contributed by atoms with Crippen LogP contribution in [0.4, 0.5) is 10.1 Å². The normalized spacial score (nSPS) is 10.1. The highest BCUT2D eigenvalue weighted by Crippen LogP contribution is 2.26. The number of primary amides is 1. The van der Waals surface area contributed by atoms with Gasteiger partial charge in [0.2, 0.25) is 5.91 Å². The van der Waals surface area contributed by atoms with Crippen LogP contribution < -0.4 is 15.8 Å². The van der Waals surface area contributed by atoms with Gasteiger partial charge in [-0.1, -0.05) is 18.2 Å². The van der Waals surface area contributed by atoms with Crippen LogP contribution in [0.2, 0.25) is 0 Å². The molecule has 0 unspecified atom stereocenters. The van der Waals surface area contributed by atoms with Gasteiger partial charge in [0.25, 0.3) is 5.91 Å². The first-order chi connectivity index (χ1) is 12.9. The largest absolute Gasteiger partial charge is 0.482 e. The number of nitrogens with two attached hydrogens (primary N) is 1. The Morgan fingerprint density at radius 3 is 2.59 bits per heavy atom. The molecule has 0 bridgehead atoms. The lowest BCUT2D eigenvalue weighted by molar-refractivity contribution is -0.149. The summed E-state index contributed by atoms with van der Waals surface area (Å²) >= 11 is 1.18. The Labute approximate surface area is 159 Å². The molecule has 0 aliphatic carbocycles. The molecule has 0 aromatic heterocycles. The quantitative estimate of drug-likeness (QED) is 0.499. The summed E-state index contributed by atoms with van der Waals surface area (Å²) in [6.45, 7) is -0.970. The highest BCUT2D eigenvalue weighted by molar-refractivity contribution is 8.00. The second-order valence-corrected chi connectivity index (χ2v) is 6.22. The number of para-hydroxylation sites is 1. The number of thioether (sulfide) groups is 1. The monoisotopic (exact) mass is 392 g/mol. The Morgan fingerprint density at radius 1 is 1.07 bits per heavy atom. The van der Waals surface area contributed by atoms with E-state index in [0.717, 1.165) is 6.07 Å². The lowest BCUT2D eigenvalue weighted by Crippen LogP contribution is -2.24. The molecule has 2 amide bonds. The highest BCUT2D eigenvalue weighted by atomic mass is 32.2. The molecule has 2 aromatic rings. The fraction of sp³-hybridized carbons (Fsp3) is 0.167. The molecule has 0 saturated heterocycles. The van der Waals surface area contributed by atoms with E-state index in [9.17, 15) is 18.8 Å². The van der Waals surface area contributed by atoms with Crippen molar-refractivity contribution < 1.29 is 28.2 Å². The summed E-state index contributed by atoms with van der Waals surface area (Å²) in [7, 11) is 0. The van der Waals surface area contributed by atoms with Crippen molar-refractivity contribution in [2.45, 2.75) is 4.90 Å². The van der Waals surface area contributed by atoms with Crippen molar-refractivity contribution in [1.29, 1.82) is 0 Å². The number of hydrogen-bond donors (Lipinski definition) is 2. The Kier molecular flexibility index (Phi) is 7.63. The van der Waals surface area contributed by atoms with Gasteiger partial charge in [-0.05, 0) is 24.3 Å². The molecule has 7 nitrogen and oxygen atoms in total. The summed E-state index contributed by atoms with van der Waals surface area (Å²) in [5, 5.41) is 2.59. The van der Waals surface area contributed by atoms with Crippen LogP contribution in [0.25, 0.3) is 0 Å². The predicted molar refractivity (Wildman–Crippen MR) is 97.8 cm³/mol. The van der Waals surface area contributed by atoms with Gasteiger partial charge in [0, 0.05) is 11.0 Å². The molecular weight excluding hydrogens is 375 g/mol. The molecule has 142 valence electrons. The van der Waals surface area contributed by atoms with E-state index in [1.807, 2.05) is 0 Å². The molecule has 2 aromatic carbocycles. The van der Waals surface area contributed by atoms with Gasteiger partial charge in [-0.2, -0.15) is 0 Å². The van der Waals surface area contributed by atoms with Gasteiger partial charge in [-0.15, -0.1) is 11.8 Å². The summed E-state index contributed by atoms with van der Waals surface area (Å²) in [6, 6.07) is 12.1. The number of halogens is 1. The second-order valence-electron chi connectivity index (χ2n) is 5.21. The molecular formula is C18H17FN2O5S. The van der Waals surface area contributed by atoms with Crippen molar-refractivity contribution in [2.24, 2.45) is 5.73 Å². The molecule has 0 saturated carbocycles. The average Bonchev–Trinajstić information content (AvgIpc) is 2.64. The predicted octanol–water partition coefficient (Wildman–Crippen LogP) is 1.96. The van der Waals surface area contributed by atoms with Gasteiger partial charge < -0.3 is 20.5 Å². The summed E-state index contributed by atoms with van der Waals surface area (Å²) in [5.41, 5.74) is 5.59. The third-order valence-electron chi connectivity index (χ3n) is 3.05. The Morgan fingerprint density at radius 2 is 1.85 bits per heavy atom. The smallest absolute Gasteiger partial charge is 0.344 e. The minimum absolute atomic E-state index is 0.0687. The van der Waals surface area contributed by atoms with Gasteiger partial charge in [0.1, 0.15) is 11.6 Å². The number of esters is 1. The third-order valence-corrected chi connectivity index (χ3v) is 4.14. The van der Waals surface area contributed by atoms with Crippen LogP contribution in [0, 0.1) is 5.82 Å². The van der Waals surface area contributed by atoms with Crippen LogP contribution in [-0.4, -0.2) is 36.8 Å². The van der Waals surface area contributed by atoms with Gasteiger partial charge in [0.15, 0.2) is 13.2 Å². The maximum absolute atomic E-state index is 13.0. The fourth-order valence-corrected chi connectivity index (χ4v) is 2.66. The Balaban J connectivity index is 1.79. The maximum Gasteiger partial charge on any atom is 0.344 e. The minimum atomic E-state index is -0.772. The number of ether oxygens (including phenoxy) is 2. The van der Waals surface area contributed by atoms with E-state index < -0.39 is 36.8 Å². The number of nitrogens with one attached hydrogen (secondary N) is 1.